The van der Waals surface area contributed by atoms with Crippen LogP contribution < -0.4 is 5.32 Å². The lowest BCUT2D eigenvalue weighted by molar-refractivity contribution is 0.461. The van der Waals surface area contributed by atoms with Crippen molar-refractivity contribution in [1.29, 1.82) is 0 Å². The van der Waals surface area contributed by atoms with E-state index in [-0.39, 0.29) is 5.82 Å². The molecule has 1 aromatic rings. The van der Waals surface area contributed by atoms with Gasteiger partial charge in [0.05, 0.1) is 0 Å². The zero-order valence-corrected chi connectivity index (χ0v) is 12.0. The van der Waals surface area contributed by atoms with E-state index in [4.69, 9.17) is 0 Å². The summed E-state index contributed by atoms with van der Waals surface area (Å²) in [5.41, 5.74) is 1.17. The average molecular weight is 267 g/mol. The SMILES string of the molecule is CCSC1CCC(NC(C)c2ccc(F)cc2)C1. The van der Waals surface area contributed by atoms with Crippen molar-refractivity contribution in [2.45, 2.75) is 50.4 Å². The van der Waals surface area contributed by atoms with Crippen LogP contribution in [0.2, 0.25) is 0 Å². The molecule has 0 bridgehead atoms. The summed E-state index contributed by atoms with van der Waals surface area (Å²) in [6, 6.07) is 7.76. The molecule has 3 unspecified atom stereocenters. The Balaban J connectivity index is 1.84. The largest absolute Gasteiger partial charge is 0.307 e. The number of halogens is 1. The monoisotopic (exact) mass is 267 g/mol. The second kappa shape index (κ2) is 6.58. The van der Waals surface area contributed by atoms with Crippen LogP contribution in [0.15, 0.2) is 24.3 Å². The molecular formula is C15H22FNS. The molecular weight excluding hydrogens is 245 g/mol. The number of hydrogen-bond acceptors (Lipinski definition) is 2. The number of benzene rings is 1. The van der Waals surface area contributed by atoms with Gasteiger partial charge >= 0.3 is 0 Å². The molecule has 0 saturated heterocycles. The molecule has 0 heterocycles. The van der Waals surface area contributed by atoms with Crippen molar-refractivity contribution in [1.82, 2.24) is 5.32 Å². The van der Waals surface area contributed by atoms with Gasteiger partial charge in [0, 0.05) is 17.3 Å². The maximum absolute atomic E-state index is 12.9. The molecule has 1 aliphatic carbocycles. The van der Waals surface area contributed by atoms with E-state index in [2.05, 4.69) is 30.9 Å². The van der Waals surface area contributed by atoms with E-state index in [1.54, 1.807) is 0 Å². The van der Waals surface area contributed by atoms with Crippen LogP contribution >= 0.6 is 11.8 Å². The van der Waals surface area contributed by atoms with E-state index < -0.39 is 0 Å². The molecule has 0 spiro atoms. The lowest BCUT2D eigenvalue weighted by Crippen LogP contribution is -2.29. The van der Waals surface area contributed by atoms with Crippen molar-refractivity contribution in [3.8, 4) is 0 Å². The van der Waals surface area contributed by atoms with E-state index in [1.165, 1.54) is 42.7 Å². The maximum atomic E-state index is 12.9. The molecule has 1 nitrogen and oxygen atoms in total. The first-order chi connectivity index (χ1) is 8.69. The van der Waals surface area contributed by atoms with Crippen molar-refractivity contribution in [3.63, 3.8) is 0 Å². The highest BCUT2D eigenvalue weighted by atomic mass is 32.2. The first-order valence-corrected chi connectivity index (χ1v) is 7.87. The summed E-state index contributed by atoms with van der Waals surface area (Å²) in [5.74, 6) is 1.05. The molecule has 0 amide bonds. The Morgan fingerprint density at radius 2 is 2.06 bits per heavy atom. The van der Waals surface area contributed by atoms with Gasteiger partial charge in [-0.2, -0.15) is 11.8 Å². The predicted molar refractivity (Wildman–Crippen MR) is 77.5 cm³/mol. The Kier molecular flexibility index (Phi) is 5.07. The van der Waals surface area contributed by atoms with Crippen molar-refractivity contribution < 1.29 is 4.39 Å². The minimum Gasteiger partial charge on any atom is -0.307 e. The summed E-state index contributed by atoms with van der Waals surface area (Å²) in [6.07, 6.45) is 3.86. The molecule has 18 heavy (non-hydrogen) atoms. The van der Waals surface area contributed by atoms with Crippen LogP contribution in [-0.2, 0) is 0 Å². The third-order valence-electron chi connectivity index (χ3n) is 3.64. The van der Waals surface area contributed by atoms with E-state index >= 15 is 0 Å². The van der Waals surface area contributed by atoms with Crippen LogP contribution in [0.4, 0.5) is 4.39 Å². The number of nitrogens with one attached hydrogen (secondary N) is 1. The Bertz CT molecular complexity index is 365. The van der Waals surface area contributed by atoms with Crippen molar-refractivity contribution in [2.24, 2.45) is 0 Å². The quantitative estimate of drug-likeness (QED) is 0.860. The van der Waals surface area contributed by atoms with Crippen molar-refractivity contribution in [2.75, 3.05) is 5.75 Å². The molecule has 3 atom stereocenters. The highest BCUT2D eigenvalue weighted by Crippen LogP contribution is 2.31. The maximum Gasteiger partial charge on any atom is 0.123 e. The third-order valence-corrected chi connectivity index (χ3v) is 4.88. The summed E-state index contributed by atoms with van der Waals surface area (Å²) in [6.45, 7) is 4.39. The second-order valence-electron chi connectivity index (χ2n) is 5.03. The highest BCUT2D eigenvalue weighted by Gasteiger charge is 2.25. The van der Waals surface area contributed by atoms with Gasteiger partial charge in [-0.25, -0.2) is 4.39 Å². The Morgan fingerprint density at radius 1 is 1.33 bits per heavy atom. The first-order valence-electron chi connectivity index (χ1n) is 6.82. The minimum atomic E-state index is -0.161. The summed E-state index contributed by atoms with van der Waals surface area (Å²) >= 11 is 2.08. The number of hydrogen-bond donors (Lipinski definition) is 1. The fraction of sp³-hybridized carbons (Fsp3) is 0.600. The highest BCUT2D eigenvalue weighted by molar-refractivity contribution is 7.99. The van der Waals surface area contributed by atoms with E-state index in [0.29, 0.717) is 12.1 Å². The summed E-state index contributed by atoms with van der Waals surface area (Å²) in [5, 5.41) is 4.49. The van der Waals surface area contributed by atoms with Gasteiger partial charge in [-0.1, -0.05) is 19.1 Å². The third kappa shape index (κ3) is 3.72. The van der Waals surface area contributed by atoms with E-state index in [9.17, 15) is 4.39 Å². The molecule has 0 aliphatic heterocycles. The van der Waals surface area contributed by atoms with Gasteiger partial charge in [-0.05, 0) is 49.6 Å². The van der Waals surface area contributed by atoms with Crippen LogP contribution in [-0.4, -0.2) is 17.0 Å². The summed E-state index contributed by atoms with van der Waals surface area (Å²) in [4.78, 5) is 0. The Morgan fingerprint density at radius 3 is 2.72 bits per heavy atom. The average Bonchev–Trinajstić information content (AvgIpc) is 2.78. The van der Waals surface area contributed by atoms with Crippen molar-refractivity contribution in [3.05, 3.63) is 35.6 Å². The smallest absolute Gasteiger partial charge is 0.123 e. The molecule has 1 aliphatic rings. The lowest BCUT2D eigenvalue weighted by atomic mass is 10.1. The van der Waals surface area contributed by atoms with Crippen LogP contribution in [0.3, 0.4) is 0 Å². The van der Waals surface area contributed by atoms with E-state index in [0.717, 1.165) is 5.25 Å². The zero-order chi connectivity index (χ0) is 13.0. The van der Waals surface area contributed by atoms with Crippen LogP contribution in [0.1, 0.15) is 44.7 Å². The minimum absolute atomic E-state index is 0.161. The van der Waals surface area contributed by atoms with Crippen molar-refractivity contribution >= 4 is 11.8 Å². The molecule has 1 N–H and O–H groups in total. The van der Waals surface area contributed by atoms with Gasteiger partial charge < -0.3 is 5.32 Å². The molecule has 0 radical (unpaired) electrons. The molecule has 0 aromatic heterocycles. The van der Waals surface area contributed by atoms with Gasteiger partial charge in [-0.3, -0.25) is 0 Å². The fourth-order valence-corrected chi connectivity index (χ4v) is 3.82. The topological polar surface area (TPSA) is 12.0 Å². The summed E-state index contributed by atoms with van der Waals surface area (Å²) in [7, 11) is 0. The Hall–Kier alpha value is -0.540. The molecule has 3 heteroatoms. The zero-order valence-electron chi connectivity index (χ0n) is 11.2. The molecule has 2 rings (SSSR count). The fourth-order valence-electron chi connectivity index (χ4n) is 2.68. The van der Waals surface area contributed by atoms with Crippen LogP contribution in [0.25, 0.3) is 0 Å². The molecule has 1 fully saturated rings. The normalized spacial score (nSPS) is 25.3. The van der Waals surface area contributed by atoms with E-state index in [1.807, 2.05) is 12.1 Å². The van der Waals surface area contributed by atoms with Gasteiger partial charge in [0.25, 0.3) is 0 Å². The predicted octanol–water partition coefficient (Wildman–Crippen LogP) is 4.15. The Labute approximate surface area is 114 Å². The number of thioether (sulfide) groups is 1. The first kappa shape index (κ1) is 13.9. The standard InChI is InChI=1S/C15H22FNS/c1-3-18-15-9-8-14(10-15)17-11(2)12-4-6-13(16)7-5-12/h4-7,11,14-15,17H,3,8-10H2,1-2H3. The van der Waals surface area contributed by atoms with Crippen LogP contribution in [0, 0.1) is 5.82 Å². The van der Waals surface area contributed by atoms with Gasteiger partial charge in [0.2, 0.25) is 0 Å². The summed E-state index contributed by atoms with van der Waals surface area (Å²) < 4.78 is 12.9. The molecule has 100 valence electrons. The number of rotatable bonds is 5. The molecule has 1 aromatic carbocycles. The van der Waals surface area contributed by atoms with Crippen LogP contribution in [0.5, 0.6) is 0 Å². The van der Waals surface area contributed by atoms with Gasteiger partial charge in [0.1, 0.15) is 5.82 Å². The molecule has 1 saturated carbocycles. The second-order valence-corrected chi connectivity index (χ2v) is 6.60. The lowest BCUT2D eigenvalue weighted by Gasteiger charge is -2.20. The van der Waals surface area contributed by atoms with Gasteiger partial charge in [0.15, 0.2) is 0 Å². The van der Waals surface area contributed by atoms with Gasteiger partial charge in [-0.15, -0.1) is 0 Å².